The van der Waals surface area contributed by atoms with Crippen LogP contribution >= 0.6 is 11.8 Å². The fourth-order valence-electron chi connectivity index (χ4n) is 0.965. The molecule has 0 N–H and O–H groups in total. The summed E-state index contributed by atoms with van der Waals surface area (Å²) in [4.78, 5) is 0. The van der Waals surface area contributed by atoms with E-state index >= 15 is 0 Å². The molecule has 0 radical (unpaired) electrons. The van der Waals surface area contributed by atoms with Gasteiger partial charge in [-0.2, -0.15) is 13.2 Å². The van der Waals surface area contributed by atoms with Crippen LogP contribution in [0, 0.1) is 0 Å². The van der Waals surface area contributed by atoms with Crippen molar-refractivity contribution in [1.82, 2.24) is 0 Å². The van der Waals surface area contributed by atoms with Gasteiger partial charge in [-0.15, -0.1) is 11.8 Å². The molecule has 0 fully saturated rings. The third-order valence-electron chi connectivity index (χ3n) is 1.61. The van der Waals surface area contributed by atoms with Crippen LogP contribution in [0.25, 0.3) is 6.08 Å². The quantitative estimate of drug-likeness (QED) is 0.722. The van der Waals surface area contributed by atoms with E-state index in [9.17, 15) is 13.2 Å². The zero-order valence-corrected chi connectivity index (χ0v) is 8.32. The van der Waals surface area contributed by atoms with Crippen LogP contribution in [-0.2, 0) is 6.18 Å². The molecule has 0 aliphatic heterocycles. The van der Waals surface area contributed by atoms with Crippen molar-refractivity contribution in [3.05, 3.63) is 40.8 Å². The molecule has 0 unspecified atom stereocenters. The van der Waals surface area contributed by atoms with Gasteiger partial charge in [-0.1, -0.05) is 12.1 Å². The predicted molar refractivity (Wildman–Crippen MR) is 54.0 cm³/mol. The molecular weight excluding hydrogens is 209 g/mol. The first-order chi connectivity index (χ1) is 6.54. The van der Waals surface area contributed by atoms with E-state index in [0.29, 0.717) is 5.56 Å². The van der Waals surface area contributed by atoms with E-state index in [1.54, 1.807) is 17.6 Å². The smallest absolute Gasteiger partial charge is 0.166 e. The van der Waals surface area contributed by atoms with Gasteiger partial charge >= 0.3 is 6.18 Å². The van der Waals surface area contributed by atoms with Gasteiger partial charge < -0.3 is 0 Å². The second kappa shape index (κ2) is 4.55. The molecule has 0 aliphatic carbocycles. The number of thioether (sulfide) groups is 1. The maximum absolute atomic E-state index is 12.3. The Morgan fingerprint density at radius 2 is 2.00 bits per heavy atom. The molecule has 14 heavy (non-hydrogen) atoms. The topological polar surface area (TPSA) is 0 Å². The Balaban J connectivity index is 2.96. The number of alkyl halides is 3. The molecule has 0 nitrogen and oxygen atoms in total. The molecule has 1 aromatic rings. The average Bonchev–Trinajstić information content (AvgIpc) is 2.14. The number of rotatable bonds is 2. The molecule has 0 saturated heterocycles. The summed E-state index contributed by atoms with van der Waals surface area (Å²) in [6.07, 6.45) is -0.757. The maximum Gasteiger partial charge on any atom is 0.416 e. The minimum atomic E-state index is -4.26. The number of hydrogen-bond donors (Lipinski definition) is 0. The van der Waals surface area contributed by atoms with Crippen LogP contribution in [0.2, 0.25) is 0 Å². The van der Waals surface area contributed by atoms with Crippen molar-refractivity contribution < 1.29 is 13.2 Å². The molecule has 0 aliphatic rings. The Hall–Kier alpha value is -0.900. The number of halogens is 3. The Labute approximate surface area is 84.8 Å². The lowest BCUT2D eigenvalue weighted by atomic mass is 10.1. The van der Waals surface area contributed by atoms with Crippen LogP contribution in [0.3, 0.4) is 0 Å². The monoisotopic (exact) mass is 218 g/mol. The van der Waals surface area contributed by atoms with Gasteiger partial charge in [0.1, 0.15) is 0 Å². The van der Waals surface area contributed by atoms with E-state index in [2.05, 4.69) is 0 Å². The average molecular weight is 218 g/mol. The standard InChI is InChI=1S/C10H9F3S/c1-14-6-5-8-3-2-4-9(7-8)10(11,12)13/h2-7H,1H3. The Morgan fingerprint density at radius 1 is 1.29 bits per heavy atom. The summed E-state index contributed by atoms with van der Waals surface area (Å²) in [5.41, 5.74) is -0.0464. The minimum Gasteiger partial charge on any atom is -0.166 e. The van der Waals surface area contributed by atoms with Gasteiger partial charge in [0, 0.05) is 0 Å². The summed E-state index contributed by atoms with van der Waals surface area (Å²) < 4.78 is 36.8. The molecule has 0 bridgehead atoms. The molecule has 0 heterocycles. The first-order valence-electron chi connectivity index (χ1n) is 3.90. The summed E-state index contributed by atoms with van der Waals surface area (Å²) in [7, 11) is 0. The number of hydrogen-bond acceptors (Lipinski definition) is 1. The summed E-state index contributed by atoms with van der Waals surface area (Å²) in [6, 6.07) is 5.24. The van der Waals surface area contributed by atoms with Gasteiger partial charge in [0.25, 0.3) is 0 Å². The second-order valence-electron chi connectivity index (χ2n) is 2.66. The molecule has 0 saturated carbocycles. The first-order valence-corrected chi connectivity index (χ1v) is 5.19. The molecule has 76 valence electrons. The third kappa shape index (κ3) is 3.10. The maximum atomic E-state index is 12.3. The van der Waals surface area contributed by atoms with Crippen LogP contribution in [0.1, 0.15) is 11.1 Å². The number of benzene rings is 1. The van der Waals surface area contributed by atoms with Gasteiger partial charge in [-0.25, -0.2) is 0 Å². The molecule has 4 heteroatoms. The van der Waals surface area contributed by atoms with E-state index in [-0.39, 0.29) is 0 Å². The van der Waals surface area contributed by atoms with Gasteiger partial charge in [-0.3, -0.25) is 0 Å². The van der Waals surface area contributed by atoms with Crippen molar-refractivity contribution in [1.29, 1.82) is 0 Å². The minimum absolute atomic E-state index is 0.564. The molecular formula is C10H9F3S. The van der Waals surface area contributed by atoms with Gasteiger partial charge in [0.05, 0.1) is 5.56 Å². The van der Waals surface area contributed by atoms with Crippen molar-refractivity contribution in [2.24, 2.45) is 0 Å². The van der Waals surface area contributed by atoms with Crippen molar-refractivity contribution in [2.45, 2.75) is 6.18 Å². The SMILES string of the molecule is CSC=Cc1cccc(C(F)(F)F)c1. The predicted octanol–water partition coefficient (Wildman–Crippen LogP) is 4.04. The van der Waals surface area contributed by atoms with Crippen molar-refractivity contribution in [3.8, 4) is 0 Å². The van der Waals surface area contributed by atoms with Gasteiger partial charge in [-0.05, 0) is 35.4 Å². The van der Waals surface area contributed by atoms with Gasteiger partial charge in [0.15, 0.2) is 0 Å². The lowest BCUT2D eigenvalue weighted by Gasteiger charge is -2.06. The zero-order valence-electron chi connectivity index (χ0n) is 7.51. The highest BCUT2D eigenvalue weighted by molar-refractivity contribution is 8.01. The van der Waals surface area contributed by atoms with Crippen LogP contribution in [0.15, 0.2) is 29.7 Å². The summed E-state index contributed by atoms with van der Waals surface area (Å²) >= 11 is 1.45. The van der Waals surface area contributed by atoms with E-state index < -0.39 is 11.7 Å². The van der Waals surface area contributed by atoms with Crippen molar-refractivity contribution >= 4 is 17.8 Å². The summed E-state index contributed by atoms with van der Waals surface area (Å²) in [5, 5.41) is 1.75. The largest absolute Gasteiger partial charge is 0.416 e. The fraction of sp³-hybridized carbons (Fsp3) is 0.200. The van der Waals surface area contributed by atoms with Crippen molar-refractivity contribution in [3.63, 3.8) is 0 Å². The zero-order chi connectivity index (χ0) is 10.6. The van der Waals surface area contributed by atoms with Crippen molar-refractivity contribution in [2.75, 3.05) is 6.26 Å². The summed E-state index contributed by atoms with van der Waals surface area (Å²) in [6.45, 7) is 0. The van der Waals surface area contributed by atoms with Crippen LogP contribution < -0.4 is 0 Å². The van der Waals surface area contributed by atoms with E-state index in [4.69, 9.17) is 0 Å². The molecule has 1 rings (SSSR count). The van der Waals surface area contributed by atoms with E-state index in [0.717, 1.165) is 12.1 Å². The Kier molecular flexibility index (Phi) is 3.63. The molecule has 1 aromatic carbocycles. The van der Waals surface area contributed by atoms with E-state index in [1.807, 2.05) is 6.26 Å². The molecule has 0 atom stereocenters. The van der Waals surface area contributed by atoms with E-state index in [1.165, 1.54) is 17.8 Å². The lowest BCUT2D eigenvalue weighted by molar-refractivity contribution is -0.137. The Morgan fingerprint density at radius 3 is 2.57 bits per heavy atom. The highest BCUT2D eigenvalue weighted by Crippen LogP contribution is 2.29. The highest BCUT2D eigenvalue weighted by atomic mass is 32.2. The lowest BCUT2D eigenvalue weighted by Crippen LogP contribution is -2.04. The van der Waals surface area contributed by atoms with Crippen LogP contribution in [0.4, 0.5) is 13.2 Å². The van der Waals surface area contributed by atoms with Crippen LogP contribution in [-0.4, -0.2) is 6.26 Å². The first kappa shape index (κ1) is 11.2. The summed E-state index contributed by atoms with van der Waals surface area (Å²) in [5.74, 6) is 0. The molecule has 0 amide bonds. The second-order valence-corrected chi connectivity index (χ2v) is 3.41. The molecule has 0 aromatic heterocycles. The Bertz CT molecular complexity index is 328. The third-order valence-corrected chi connectivity index (χ3v) is 2.02. The molecule has 0 spiro atoms. The highest BCUT2D eigenvalue weighted by Gasteiger charge is 2.30. The fourth-order valence-corrected chi connectivity index (χ4v) is 1.26. The van der Waals surface area contributed by atoms with Gasteiger partial charge in [0.2, 0.25) is 0 Å². The normalized spacial score (nSPS) is 12.3. The van der Waals surface area contributed by atoms with Crippen LogP contribution in [0.5, 0.6) is 0 Å².